The normalized spacial score (nSPS) is 37.9. The third kappa shape index (κ3) is 2.71. The van der Waals surface area contributed by atoms with Gasteiger partial charge in [-0.15, -0.1) is 0 Å². The van der Waals surface area contributed by atoms with Crippen molar-refractivity contribution in [1.82, 2.24) is 0 Å². The highest BCUT2D eigenvalue weighted by Crippen LogP contribution is 2.71. The molecule has 0 spiro atoms. The van der Waals surface area contributed by atoms with Gasteiger partial charge in [0.05, 0.1) is 0 Å². The summed E-state index contributed by atoms with van der Waals surface area (Å²) >= 11 is 0. The van der Waals surface area contributed by atoms with E-state index in [4.69, 9.17) is 0 Å². The minimum Gasteiger partial charge on any atom is -0.0648 e. The van der Waals surface area contributed by atoms with E-state index in [-0.39, 0.29) is 0 Å². The van der Waals surface area contributed by atoms with Crippen LogP contribution >= 0.6 is 0 Å². The van der Waals surface area contributed by atoms with E-state index in [1.807, 2.05) is 0 Å². The van der Waals surface area contributed by atoms with Crippen molar-refractivity contribution in [2.75, 3.05) is 0 Å². The van der Waals surface area contributed by atoms with Crippen LogP contribution in [0.5, 0.6) is 0 Å². The predicted molar refractivity (Wildman–Crippen MR) is 76.0 cm³/mol. The van der Waals surface area contributed by atoms with E-state index >= 15 is 0 Å². The van der Waals surface area contributed by atoms with Gasteiger partial charge in [-0.25, -0.2) is 0 Å². The summed E-state index contributed by atoms with van der Waals surface area (Å²) in [6, 6.07) is 0. The van der Waals surface area contributed by atoms with Gasteiger partial charge in [0.15, 0.2) is 0 Å². The molecule has 2 saturated carbocycles. The van der Waals surface area contributed by atoms with Crippen LogP contribution in [-0.2, 0) is 0 Å². The molecule has 17 heavy (non-hydrogen) atoms. The Kier molecular flexibility index (Phi) is 3.63. The van der Waals surface area contributed by atoms with Gasteiger partial charge in [-0.3, -0.25) is 0 Å². The molecule has 100 valence electrons. The lowest BCUT2D eigenvalue weighted by molar-refractivity contribution is 0.252. The second-order valence-electron chi connectivity index (χ2n) is 8.14. The third-order valence-corrected chi connectivity index (χ3v) is 5.66. The molecule has 3 unspecified atom stereocenters. The van der Waals surface area contributed by atoms with E-state index in [0.717, 1.165) is 23.2 Å². The van der Waals surface area contributed by atoms with E-state index in [9.17, 15) is 0 Å². The van der Waals surface area contributed by atoms with Crippen LogP contribution in [0.4, 0.5) is 0 Å². The zero-order valence-electron chi connectivity index (χ0n) is 12.7. The zero-order valence-corrected chi connectivity index (χ0v) is 12.7. The Morgan fingerprint density at radius 2 is 1.76 bits per heavy atom. The summed E-state index contributed by atoms with van der Waals surface area (Å²) in [6.07, 6.45) is 10.4. The molecule has 2 rings (SSSR count). The molecule has 0 saturated heterocycles. The first kappa shape index (κ1) is 13.4. The summed E-state index contributed by atoms with van der Waals surface area (Å²) < 4.78 is 0. The van der Waals surface area contributed by atoms with Crippen molar-refractivity contribution in [3.05, 3.63) is 0 Å². The lowest BCUT2D eigenvalue weighted by atomic mass is 9.80. The van der Waals surface area contributed by atoms with Crippen LogP contribution in [0.15, 0.2) is 0 Å². The molecular formula is C17H32. The molecule has 0 nitrogen and oxygen atoms in total. The minimum atomic E-state index is 0.521. The summed E-state index contributed by atoms with van der Waals surface area (Å²) in [6.45, 7) is 12.1. The fourth-order valence-electron chi connectivity index (χ4n) is 4.61. The average Bonchev–Trinajstić information content (AvgIpc) is 2.65. The molecule has 2 fully saturated rings. The first-order chi connectivity index (χ1) is 7.89. The van der Waals surface area contributed by atoms with Gasteiger partial charge >= 0.3 is 0 Å². The summed E-state index contributed by atoms with van der Waals surface area (Å²) in [4.78, 5) is 0. The van der Waals surface area contributed by atoms with Crippen LogP contribution in [0.25, 0.3) is 0 Å². The highest BCUT2D eigenvalue weighted by atomic mass is 14.7. The Morgan fingerprint density at radius 1 is 1.18 bits per heavy atom. The van der Waals surface area contributed by atoms with Crippen molar-refractivity contribution >= 4 is 0 Å². The Morgan fingerprint density at radius 3 is 2.24 bits per heavy atom. The summed E-state index contributed by atoms with van der Waals surface area (Å²) in [7, 11) is 0. The molecule has 2 aliphatic carbocycles. The maximum Gasteiger partial charge on any atom is -0.0235 e. The molecular weight excluding hydrogens is 204 g/mol. The number of hydrogen-bond donors (Lipinski definition) is 0. The first-order valence-electron chi connectivity index (χ1n) is 7.89. The average molecular weight is 236 g/mol. The molecule has 0 aromatic heterocycles. The van der Waals surface area contributed by atoms with Gasteiger partial charge in [0, 0.05) is 0 Å². The smallest absolute Gasteiger partial charge is 0.0235 e. The Bertz CT molecular complexity index is 248. The highest BCUT2D eigenvalue weighted by molar-refractivity contribution is 5.12. The number of rotatable bonds is 5. The second kappa shape index (κ2) is 4.59. The molecule has 0 radical (unpaired) electrons. The van der Waals surface area contributed by atoms with Crippen molar-refractivity contribution in [2.45, 2.75) is 79.6 Å². The molecule has 0 amide bonds. The van der Waals surface area contributed by atoms with Crippen LogP contribution in [0.1, 0.15) is 79.6 Å². The van der Waals surface area contributed by atoms with Gasteiger partial charge in [0.25, 0.3) is 0 Å². The fourth-order valence-corrected chi connectivity index (χ4v) is 4.61. The van der Waals surface area contributed by atoms with Crippen LogP contribution in [0, 0.1) is 28.6 Å². The van der Waals surface area contributed by atoms with E-state index in [1.54, 1.807) is 12.8 Å². The lowest BCUT2D eigenvalue weighted by Crippen LogP contribution is -2.14. The lowest BCUT2D eigenvalue weighted by Gasteiger charge is -2.26. The molecule has 0 heterocycles. The molecule has 0 N–H and O–H groups in total. The van der Waals surface area contributed by atoms with E-state index in [0.29, 0.717) is 5.41 Å². The van der Waals surface area contributed by atoms with Crippen LogP contribution in [0.2, 0.25) is 0 Å². The van der Waals surface area contributed by atoms with Crippen molar-refractivity contribution in [3.63, 3.8) is 0 Å². The summed E-state index contributed by atoms with van der Waals surface area (Å²) in [5.74, 6) is 3.20. The van der Waals surface area contributed by atoms with Gasteiger partial charge in [0.2, 0.25) is 0 Å². The Hall–Kier alpha value is 0. The second-order valence-corrected chi connectivity index (χ2v) is 8.14. The molecule has 2 aliphatic rings. The molecule has 0 bridgehead atoms. The topological polar surface area (TPSA) is 0 Å². The third-order valence-electron chi connectivity index (χ3n) is 5.66. The Balaban J connectivity index is 1.80. The van der Waals surface area contributed by atoms with E-state index in [2.05, 4.69) is 34.6 Å². The summed E-state index contributed by atoms with van der Waals surface area (Å²) in [5.41, 5.74) is 1.32. The van der Waals surface area contributed by atoms with Gasteiger partial charge in [-0.1, -0.05) is 47.5 Å². The predicted octanol–water partition coefficient (Wildman–Crippen LogP) is 5.67. The standard InChI is InChI=1S/C17H32/c1-6-17(14-8-7-9-15(14)17)12-13(2)10-11-16(3,4)5/h13-15H,6-12H2,1-5H3. The SMILES string of the molecule is CCC1(CC(C)CCC(C)(C)C)C2CCCC21. The van der Waals surface area contributed by atoms with E-state index < -0.39 is 0 Å². The molecule has 0 aromatic carbocycles. The Labute approximate surface area is 109 Å². The van der Waals surface area contributed by atoms with Crippen molar-refractivity contribution in [2.24, 2.45) is 28.6 Å². The molecule has 0 aliphatic heterocycles. The largest absolute Gasteiger partial charge is 0.0648 e. The monoisotopic (exact) mass is 236 g/mol. The van der Waals surface area contributed by atoms with Crippen LogP contribution in [-0.4, -0.2) is 0 Å². The van der Waals surface area contributed by atoms with Crippen LogP contribution < -0.4 is 0 Å². The first-order valence-corrected chi connectivity index (χ1v) is 7.89. The van der Waals surface area contributed by atoms with Crippen molar-refractivity contribution in [1.29, 1.82) is 0 Å². The zero-order chi connectivity index (χ0) is 12.7. The highest BCUT2D eigenvalue weighted by Gasteiger charge is 2.63. The van der Waals surface area contributed by atoms with Gasteiger partial charge in [-0.05, 0) is 60.7 Å². The molecule has 3 atom stereocenters. The number of hydrogen-bond acceptors (Lipinski definition) is 0. The van der Waals surface area contributed by atoms with Crippen LogP contribution in [0.3, 0.4) is 0 Å². The molecule has 0 heteroatoms. The van der Waals surface area contributed by atoms with E-state index in [1.165, 1.54) is 32.1 Å². The van der Waals surface area contributed by atoms with Crippen molar-refractivity contribution < 1.29 is 0 Å². The maximum atomic E-state index is 2.50. The fraction of sp³-hybridized carbons (Fsp3) is 1.00. The number of fused-ring (bicyclic) bond motifs is 1. The quantitative estimate of drug-likeness (QED) is 0.577. The van der Waals surface area contributed by atoms with Gasteiger partial charge in [-0.2, -0.15) is 0 Å². The molecule has 0 aromatic rings. The minimum absolute atomic E-state index is 0.521. The van der Waals surface area contributed by atoms with Gasteiger partial charge < -0.3 is 0 Å². The summed E-state index contributed by atoms with van der Waals surface area (Å²) in [5, 5.41) is 0. The van der Waals surface area contributed by atoms with Gasteiger partial charge in [0.1, 0.15) is 0 Å². The maximum absolute atomic E-state index is 2.50. The van der Waals surface area contributed by atoms with Crippen molar-refractivity contribution in [3.8, 4) is 0 Å².